The Balaban J connectivity index is 1.57. The van der Waals surface area contributed by atoms with Crippen LogP contribution in [0.1, 0.15) is 34.0 Å². The van der Waals surface area contributed by atoms with E-state index in [9.17, 15) is 13.2 Å². The minimum Gasteiger partial charge on any atom is -0.267 e. The summed E-state index contributed by atoms with van der Waals surface area (Å²) >= 11 is 8.56. The van der Waals surface area contributed by atoms with Crippen molar-refractivity contribution in [3.8, 4) is 0 Å². The lowest BCUT2D eigenvalue weighted by atomic mass is 10.1. The van der Waals surface area contributed by atoms with Gasteiger partial charge in [0.15, 0.2) is 0 Å². The fraction of sp³-hybridized carbons (Fsp3) is 0.103. The molecule has 0 aromatic heterocycles. The van der Waals surface area contributed by atoms with Crippen LogP contribution in [0.3, 0.4) is 0 Å². The van der Waals surface area contributed by atoms with Gasteiger partial charge in [0.1, 0.15) is 0 Å². The normalized spacial score (nSPS) is 11.7. The number of hydrogen-bond donors (Lipinski definition) is 1. The first-order valence-corrected chi connectivity index (χ1v) is 14.6. The van der Waals surface area contributed by atoms with Crippen LogP contribution in [-0.4, -0.2) is 20.0 Å². The van der Waals surface area contributed by atoms with Gasteiger partial charge in [0.05, 0.1) is 22.8 Å². The monoisotopic (exact) mass is 657 g/mol. The first-order chi connectivity index (χ1) is 18.2. The molecule has 0 atom stereocenters. The van der Waals surface area contributed by atoms with Crippen molar-refractivity contribution < 1.29 is 13.2 Å². The highest BCUT2D eigenvalue weighted by molar-refractivity contribution is 14.1. The van der Waals surface area contributed by atoms with Crippen molar-refractivity contribution in [3.63, 3.8) is 0 Å². The highest BCUT2D eigenvalue weighted by Crippen LogP contribution is 2.32. The molecule has 0 bridgehead atoms. The van der Waals surface area contributed by atoms with Gasteiger partial charge in [0.25, 0.3) is 15.9 Å². The molecule has 194 valence electrons. The average Bonchev–Trinajstić information content (AvgIpc) is 2.92. The van der Waals surface area contributed by atoms with Gasteiger partial charge in [-0.05, 0) is 102 Å². The molecule has 9 heteroatoms. The van der Waals surface area contributed by atoms with E-state index in [0.717, 1.165) is 9.13 Å². The summed E-state index contributed by atoms with van der Waals surface area (Å²) in [5.74, 6) is -0.360. The number of hydrazone groups is 1. The van der Waals surface area contributed by atoms with E-state index in [1.807, 2.05) is 31.2 Å². The largest absolute Gasteiger partial charge is 0.271 e. The van der Waals surface area contributed by atoms with E-state index in [1.54, 1.807) is 79.7 Å². The van der Waals surface area contributed by atoms with Gasteiger partial charge in [-0.3, -0.25) is 9.10 Å². The molecule has 0 spiro atoms. The van der Waals surface area contributed by atoms with E-state index in [-0.39, 0.29) is 17.3 Å². The molecule has 38 heavy (non-hydrogen) atoms. The number of nitrogens with zero attached hydrogens (tertiary/aromatic N) is 2. The number of rotatable bonds is 8. The summed E-state index contributed by atoms with van der Waals surface area (Å²) in [5.41, 5.74) is 6.46. The predicted octanol–water partition coefficient (Wildman–Crippen LogP) is 6.80. The SMILES string of the molecule is C/C(=N/NC(=O)c1ccc(CN(c2cccc(Cl)c2C)S(=O)(=O)c2ccccc2)cc1)c1cccc(I)c1. The standard InChI is InChI=1S/C29H25ClIN3O3S/c1-20-27(30)12-7-13-28(20)34(38(36,37)26-10-4-3-5-11-26)19-22-14-16-23(17-15-22)29(35)33-32-21(2)24-8-6-9-25(31)18-24/h3-18H,19H2,1-2H3,(H,33,35)/b32-21-. The number of hydrogen-bond acceptors (Lipinski definition) is 4. The molecule has 0 heterocycles. The molecule has 0 aliphatic rings. The molecule has 6 nitrogen and oxygen atoms in total. The Morgan fingerprint density at radius 2 is 1.61 bits per heavy atom. The number of carbonyl (C=O) groups is 1. The number of benzene rings is 4. The van der Waals surface area contributed by atoms with Crippen LogP contribution in [0.4, 0.5) is 5.69 Å². The van der Waals surface area contributed by atoms with Crippen LogP contribution in [0, 0.1) is 10.5 Å². The summed E-state index contributed by atoms with van der Waals surface area (Å²) in [6.45, 7) is 3.68. The minimum absolute atomic E-state index is 0.0597. The zero-order valence-electron chi connectivity index (χ0n) is 20.7. The first-order valence-electron chi connectivity index (χ1n) is 11.7. The Morgan fingerprint density at radius 3 is 2.29 bits per heavy atom. The van der Waals surface area contributed by atoms with E-state index in [0.29, 0.717) is 33.1 Å². The molecule has 0 fully saturated rings. The molecule has 0 saturated carbocycles. The number of carbonyl (C=O) groups excluding carboxylic acids is 1. The van der Waals surface area contributed by atoms with E-state index in [4.69, 9.17) is 11.6 Å². The second kappa shape index (κ2) is 12.1. The van der Waals surface area contributed by atoms with Gasteiger partial charge >= 0.3 is 0 Å². The maximum Gasteiger partial charge on any atom is 0.271 e. The molecule has 1 N–H and O–H groups in total. The molecular weight excluding hydrogens is 633 g/mol. The van der Waals surface area contributed by atoms with Gasteiger partial charge in [-0.15, -0.1) is 0 Å². The Morgan fingerprint density at radius 1 is 0.921 bits per heavy atom. The average molecular weight is 658 g/mol. The first kappa shape index (κ1) is 27.8. The van der Waals surface area contributed by atoms with Crippen molar-refractivity contribution in [2.75, 3.05) is 4.31 Å². The van der Waals surface area contributed by atoms with Crippen molar-refractivity contribution in [2.24, 2.45) is 5.10 Å². The Bertz CT molecular complexity index is 1590. The van der Waals surface area contributed by atoms with Crippen molar-refractivity contribution in [1.29, 1.82) is 0 Å². The predicted molar refractivity (Wildman–Crippen MR) is 161 cm³/mol. The van der Waals surface area contributed by atoms with E-state index in [1.165, 1.54) is 4.31 Å². The van der Waals surface area contributed by atoms with Gasteiger partial charge < -0.3 is 0 Å². The third kappa shape index (κ3) is 6.43. The highest BCUT2D eigenvalue weighted by atomic mass is 127. The highest BCUT2D eigenvalue weighted by Gasteiger charge is 2.27. The van der Waals surface area contributed by atoms with Crippen molar-refractivity contribution in [3.05, 3.63) is 128 Å². The van der Waals surface area contributed by atoms with Crippen LogP contribution < -0.4 is 9.73 Å². The van der Waals surface area contributed by atoms with Crippen LogP contribution in [-0.2, 0) is 16.6 Å². The third-order valence-corrected chi connectivity index (χ3v) is 8.80. The van der Waals surface area contributed by atoms with Crippen LogP contribution in [0.25, 0.3) is 0 Å². The zero-order valence-corrected chi connectivity index (χ0v) is 24.5. The van der Waals surface area contributed by atoms with Crippen molar-refractivity contribution in [2.45, 2.75) is 25.3 Å². The van der Waals surface area contributed by atoms with Crippen molar-refractivity contribution >= 4 is 61.5 Å². The molecule has 0 aliphatic heterocycles. The summed E-state index contributed by atoms with van der Waals surface area (Å²) in [6, 6.07) is 28.1. The molecule has 4 rings (SSSR count). The van der Waals surface area contributed by atoms with Gasteiger partial charge in [0, 0.05) is 14.2 Å². The van der Waals surface area contributed by atoms with Gasteiger partial charge in [0.2, 0.25) is 0 Å². The van der Waals surface area contributed by atoms with Gasteiger partial charge in [-0.2, -0.15) is 5.10 Å². The van der Waals surface area contributed by atoms with E-state index >= 15 is 0 Å². The van der Waals surface area contributed by atoms with Crippen molar-refractivity contribution in [1.82, 2.24) is 5.43 Å². The molecule has 0 aliphatic carbocycles. The Labute approximate surface area is 241 Å². The lowest BCUT2D eigenvalue weighted by Gasteiger charge is -2.26. The summed E-state index contributed by atoms with van der Waals surface area (Å²) in [4.78, 5) is 12.9. The molecule has 0 saturated heterocycles. The second-order valence-corrected chi connectivity index (χ2v) is 12.1. The van der Waals surface area contributed by atoms with Crippen LogP contribution in [0.2, 0.25) is 5.02 Å². The number of amides is 1. The van der Waals surface area contributed by atoms with Crippen LogP contribution in [0.15, 0.2) is 107 Å². The summed E-state index contributed by atoms with van der Waals surface area (Å²) in [5, 5.41) is 4.70. The van der Waals surface area contributed by atoms with Crippen LogP contribution in [0.5, 0.6) is 0 Å². The molecule has 0 unspecified atom stereocenters. The summed E-state index contributed by atoms with van der Waals surface area (Å²) < 4.78 is 29.8. The van der Waals surface area contributed by atoms with Gasteiger partial charge in [-0.25, -0.2) is 13.8 Å². The lowest BCUT2D eigenvalue weighted by Crippen LogP contribution is -2.31. The maximum atomic E-state index is 13.7. The lowest BCUT2D eigenvalue weighted by molar-refractivity contribution is 0.0955. The molecule has 4 aromatic rings. The Kier molecular flexibility index (Phi) is 8.86. The number of anilines is 1. The van der Waals surface area contributed by atoms with Gasteiger partial charge in [-0.1, -0.05) is 60.1 Å². The maximum absolute atomic E-state index is 13.7. The molecular formula is C29H25ClIN3O3S. The second-order valence-electron chi connectivity index (χ2n) is 8.55. The summed E-state index contributed by atoms with van der Waals surface area (Å²) in [7, 11) is -3.89. The summed E-state index contributed by atoms with van der Waals surface area (Å²) in [6.07, 6.45) is 0. The minimum atomic E-state index is -3.89. The molecule has 1 amide bonds. The fourth-order valence-electron chi connectivity index (χ4n) is 3.79. The zero-order chi connectivity index (χ0) is 27.3. The third-order valence-electron chi connectivity index (χ3n) is 5.95. The topological polar surface area (TPSA) is 78.8 Å². The number of nitrogens with one attached hydrogen (secondary N) is 1. The fourth-order valence-corrected chi connectivity index (χ4v) is 6.03. The molecule has 0 radical (unpaired) electrons. The smallest absolute Gasteiger partial charge is 0.267 e. The van der Waals surface area contributed by atoms with E-state index < -0.39 is 10.0 Å². The molecule has 4 aromatic carbocycles. The van der Waals surface area contributed by atoms with E-state index in [2.05, 4.69) is 33.1 Å². The Hall–Kier alpha value is -3.21. The number of halogens is 2. The quantitative estimate of drug-likeness (QED) is 0.129. The number of sulfonamides is 1. The van der Waals surface area contributed by atoms with Crippen LogP contribution >= 0.6 is 34.2 Å².